The van der Waals surface area contributed by atoms with Crippen LogP contribution >= 0.6 is 0 Å². The summed E-state index contributed by atoms with van der Waals surface area (Å²) in [5, 5.41) is 5.25. The average Bonchev–Trinajstić information content (AvgIpc) is 2.75. The molecule has 0 unspecified atom stereocenters. The third-order valence-corrected chi connectivity index (χ3v) is 4.21. The van der Waals surface area contributed by atoms with Crippen molar-refractivity contribution in [2.24, 2.45) is 0 Å². The fourth-order valence-electron chi connectivity index (χ4n) is 2.67. The van der Waals surface area contributed by atoms with E-state index in [0.717, 1.165) is 5.56 Å². The lowest BCUT2D eigenvalue weighted by Crippen LogP contribution is -2.46. The summed E-state index contributed by atoms with van der Waals surface area (Å²) in [6.45, 7) is 5.29. The third-order valence-electron chi connectivity index (χ3n) is 4.21. The molecule has 0 aromatic heterocycles. The fourth-order valence-corrected chi connectivity index (χ4v) is 2.67. The van der Waals surface area contributed by atoms with Gasteiger partial charge in [-0.15, -0.1) is 6.42 Å². The van der Waals surface area contributed by atoms with Crippen LogP contribution in [-0.2, 0) is 25.7 Å². The summed E-state index contributed by atoms with van der Waals surface area (Å²) in [4.78, 5) is 37.2. The molecule has 0 aliphatic carbocycles. The van der Waals surface area contributed by atoms with E-state index in [1.165, 1.54) is 0 Å². The molecule has 2 aromatic carbocycles. The van der Waals surface area contributed by atoms with Gasteiger partial charge >= 0.3 is 12.1 Å². The molecule has 168 valence electrons. The number of alkyl carbamates (subject to hydrolysis) is 1. The van der Waals surface area contributed by atoms with E-state index in [1.807, 2.05) is 30.3 Å². The number of amides is 2. The zero-order valence-electron chi connectivity index (χ0n) is 18.5. The molecule has 0 bridgehead atoms. The molecule has 0 fully saturated rings. The topological polar surface area (TPSA) is 93.7 Å². The molecule has 7 nitrogen and oxygen atoms in total. The van der Waals surface area contributed by atoms with E-state index < -0.39 is 29.6 Å². The number of hydrogen-bond donors (Lipinski definition) is 2. The molecule has 0 radical (unpaired) electrons. The predicted octanol–water partition coefficient (Wildman–Crippen LogP) is 4.02. The molecule has 2 N–H and O–H groups in total. The maximum atomic E-state index is 12.8. The number of terminal acetylenes is 1. The van der Waals surface area contributed by atoms with Gasteiger partial charge in [-0.05, 0) is 57.0 Å². The largest absolute Gasteiger partial charge is 0.461 e. The normalized spacial score (nSPS) is 11.6. The van der Waals surface area contributed by atoms with E-state index in [4.69, 9.17) is 15.9 Å². The Morgan fingerprint density at radius 1 is 1.03 bits per heavy atom. The maximum absolute atomic E-state index is 12.8. The van der Waals surface area contributed by atoms with Crippen LogP contribution in [0.15, 0.2) is 54.6 Å². The SMILES string of the molecule is C#Cc1ccc(NC(=O)[C@H](CCC(=O)OCc2ccccc2)NC(=O)OC(C)(C)C)cc1. The molecule has 7 heteroatoms. The predicted molar refractivity (Wildman–Crippen MR) is 122 cm³/mol. The lowest BCUT2D eigenvalue weighted by atomic mass is 10.1. The number of rotatable bonds is 8. The van der Waals surface area contributed by atoms with Crippen molar-refractivity contribution in [2.45, 2.75) is 51.9 Å². The first-order chi connectivity index (χ1) is 15.2. The van der Waals surface area contributed by atoms with E-state index in [0.29, 0.717) is 11.3 Å². The highest BCUT2D eigenvalue weighted by molar-refractivity contribution is 5.96. The molecule has 0 saturated carbocycles. The van der Waals surface area contributed by atoms with Crippen LogP contribution in [-0.4, -0.2) is 29.6 Å². The molecule has 1 atom stereocenters. The number of carbonyl (C=O) groups excluding carboxylic acids is 3. The Bertz CT molecular complexity index is 957. The number of ether oxygens (including phenoxy) is 2. The third kappa shape index (κ3) is 8.92. The maximum Gasteiger partial charge on any atom is 0.408 e. The minimum Gasteiger partial charge on any atom is -0.461 e. The molecule has 0 saturated heterocycles. The smallest absolute Gasteiger partial charge is 0.408 e. The Morgan fingerprint density at radius 3 is 2.28 bits per heavy atom. The van der Waals surface area contributed by atoms with E-state index in [9.17, 15) is 14.4 Å². The lowest BCUT2D eigenvalue weighted by molar-refractivity contribution is -0.145. The molecule has 2 rings (SSSR count). The highest BCUT2D eigenvalue weighted by Crippen LogP contribution is 2.12. The second-order valence-corrected chi connectivity index (χ2v) is 8.09. The minimum absolute atomic E-state index is 0.0428. The van der Waals surface area contributed by atoms with Gasteiger partial charge in [0.2, 0.25) is 5.91 Å². The molecular formula is C25H28N2O5. The van der Waals surface area contributed by atoms with Crippen LogP contribution in [0.5, 0.6) is 0 Å². The zero-order chi connectivity index (χ0) is 23.6. The van der Waals surface area contributed by atoms with Gasteiger partial charge in [0.1, 0.15) is 18.2 Å². The molecule has 0 heterocycles. The number of nitrogens with one attached hydrogen (secondary N) is 2. The van der Waals surface area contributed by atoms with Crippen molar-refractivity contribution in [1.29, 1.82) is 0 Å². The standard InChI is InChI=1S/C25H28N2O5/c1-5-18-11-13-20(14-12-18)26-23(29)21(27-24(30)32-25(2,3)4)15-16-22(28)31-17-19-9-7-6-8-10-19/h1,6-14,21H,15-17H2,2-4H3,(H,26,29)(H,27,30)/t21-/m0/s1. The second-order valence-electron chi connectivity index (χ2n) is 8.09. The summed E-state index contributed by atoms with van der Waals surface area (Å²) in [6.07, 6.45) is 4.57. The van der Waals surface area contributed by atoms with E-state index >= 15 is 0 Å². The van der Waals surface area contributed by atoms with Gasteiger partial charge in [-0.1, -0.05) is 36.3 Å². The van der Waals surface area contributed by atoms with Gasteiger partial charge in [-0.2, -0.15) is 0 Å². The molecule has 2 aromatic rings. The van der Waals surface area contributed by atoms with Crippen molar-refractivity contribution in [3.8, 4) is 12.3 Å². The summed E-state index contributed by atoms with van der Waals surface area (Å²) >= 11 is 0. The van der Waals surface area contributed by atoms with E-state index in [2.05, 4.69) is 16.6 Å². The van der Waals surface area contributed by atoms with Crippen molar-refractivity contribution in [3.05, 3.63) is 65.7 Å². The van der Waals surface area contributed by atoms with Crippen molar-refractivity contribution < 1.29 is 23.9 Å². The molecule has 0 spiro atoms. The van der Waals surface area contributed by atoms with Crippen LogP contribution in [0.25, 0.3) is 0 Å². The summed E-state index contributed by atoms with van der Waals surface area (Å²) < 4.78 is 10.5. The van der Waals surface area contributed by atoms with E-state index in [1.54, 1.807) is 45.0 Å². The summed E-state index contributed by atoms with van der Waals surface area (Å²) in [7, 11) is 0. The first-order valence-electron chi connectivity index (χ1n) is 10.2. The Morgan fingerprint density at radius 2 is 1.69 bits per heavy atom. The number of carbonyl (C=O) groups is 3. The number of benzene rings is 2. The Labute approximate surface area is 188 Å². The van der Waals surface area contributed by atoms with Crippen LogP contribution in [0.3, 0.4) is 0 Å². The number of hydrogen-bond acceptors (Lipinski definition) is 5. The van der Waals surface area contributed by atoms with Gasteiger partial charge in [-0.3, -0.25) is 9.59 Å². The van der Waals surface area contributed by atoms with Crippen LogP contribution in [0, 0.1) is 12.3 Å². The summed E-state index contributed by atoms with van der Waals surface area (Å²) in [5.41, 5.74) is 1.31. The summed E-state index contributed by atoms with van der Waals surface area (Å²) in [5.74, 6) is 1.54. The van der Waals surface area contributed by atoms with Crippen molar-refractivity contribution in [1.82, 2.24) is 5.32 Å². The second kappa shape index (κ2) is 11.6. The monoisotopic (exact) mass is 436 g/mol. The van der Waals surface area contributed by atoms with Gasteiger partial charge < -0.3 is 20.1 Å². The van der Waals surface area contributed by atoms with Gasteiger partial charge in [0.25, 0.3) is 0 Å². The van der Waals surface area contributed by atoms with E-state index in [-0.39, 0.29) is 19.4 Å². The van der Waals surface area contributed by atoms with Crippen molar-refractivity contribution in [2.75, 3.05) is 5.32 Å². The van der Waals surface area contributed by atoms with Gasteiger partial charge in [0.05, 0.1) is 0 Å². The van der Waals surface area contributed by atoms with Gasteiger partial charge in [0.15, 0.2) is 0 Å². The lowest BCUT2D eigenvalue weighted by Gasteiger charge is -2.23. The van der Waals surface area contributed by atoms with Crippen molar-refractivity contribution >= 4 is 23.7 Å². The van der Waals surface area contributed by atoms with Crippen LogP contribution < -0.4 is 10.6 Å². The van der Waals surface area contributed by atoms with Crippen LogP contribution in [0.1, 0.15) is 44.7 Å². The number of anilines is 1. The highest BCUT2D eigenvalue weighted by Gasteiger charge is 2.25. The van der Waals surface area contributed by atoms with Crippen LogP contribution in [0.2, 0.25) is 0 Å². The zero-order valence-corrected chi connectivity index (χ0v) is 18.5. The first kappa shape index (κ1) is 24.5. The van der Waals surface area contributed by atoms with Crippen LogP contribution in [0.4, 0.5) is 10.5 Å². The Hall–Kier alpha value is -3.79. The fraction of sp³-hybridized carbons (Fsp3) is 0.320. The number of esters is 1. The minimum atomic E-state index is -0.999. The van der Waals surface area contributed by atoms with Gasteiger partial charge in [0, 0.05) is 17.7 Å². The Kier molecular flexibility index (Phi) is 8.84. The molecule has 0 aliphatic heterocycles. The Balaban J connectivity index is 1.98. The molecule has 32 heavy (non-hydrogen) atoms. The average molecular weight is 437 g/mol. The molecule has 0 aliphatic rings. The molecule has 2 amide bonds. The molecular weight excluding hydrogens is 408 g/mol. The van der Waals surface area contributed by atoms with Crippen molar-refractivity contribution in [3.63, 3.8) is 0 Å². The first-order valence-corrected chi connectivity index (χ1v) is 10.2. The summed E-state index contributed by atoms with van der Waals surface area (Å²) in [6, 6.07) is 15.0. The quantitative estimate of drug-likeness (QED) is 0.481. The highest BCUT2D eigenvalue weighted by atomic mass is 16.6. The van der Waals surface area contributed by atoms with Gasteiger partial charge in [-0.25, -0.2) is 4.79 Å².